The first kappa shape index (κ1) is 16.8. The van der Waals surface area contributed by atoms with Crippen LogP contribution in [-0.2, 0) is 4.74 Å². The zero-order valence-corrected chi connectivity index (χ0v) is 14.6. The SMILES string of the molecule is Cc1c2c([nH]c(=O)c1C(=O)Nc1ccc(-n3ccnc3)cc1)C(=O)O[C@@H]2C. The lowest BCUT2D eigenvalue weighted by molar-refractivity contribution is 0.0417. The second-order valence-corrected chi connectivity index (χ2v) is 6.26. The molecule has 0 saturated carbocycles. The number of ether oxygens (including phenoxy) is 1. The van der Waals surface area contributed by atoms with E-state index >= 15 is 0 Å². The number of aromatic nitrogens is 3. The molecule has 0 bridgehead atoms. The van der Waals surface area contributed by atoms with Gasteiger partial charge in [-0.25, -0.2) is 9.78 Å². The van der Waals surface area contributed by atoms with Gasteiger partial charge in [0.15, 0.2) is 0 Å². The van der Waals surface area contributed by atoms with Crippen LogP contribution in [0.5, 0.6) is 0 Å². The average Bonchev–Trinajstić information content (AvgIpc) is 3.24. The Bertz CT molecular complexity index is 1100. The normalized spacial score (nSPS) is 15.3. The molecule has 27 heavy (non-hydrogen) atoms. The summed E-state index contributed by atoms with van der Waals surface area (Å²) in [5.41, 5.74) is 1.89. The first-order chi connectivity index (χ1) is 13.0. The van der Waals surface area contributed by atoms with Crippen molar-refractivity contribution in [3.63, 3.8) is 0 Å². The number of nitrogens with one attached hydrogen (secondary N) is 2. The van der Waals surface area contributed by atoms with Gasteiger partial charge in [-0.2, -0.15) is 0 Å². The van der Waals surface area contributed by atoms with Gasteiger partial charge in [-0.05, 0) is 43.7 Å². The van der Waals surface area contributed by atoms with Gasteiger partial charge >= 0.3 is 5.97 Å². The van der Waals surface area contributed by atoms with Crippen molar-refractivity contribution in [1.29, 1.82) is 0 Å². The molecule has 1 amide bonds. The standard InChI is InChI=1S/C19H16N4O4/c1-10-14-11(2)27-19(26)16(14)22-18(25)15(10)17(24)21-12-3-5-13(6-4-12)23-8-7-20-9-23/h3-9,11H,1-2H3,(H,21,24)(H,22,25)/t11-/m1/s1. The Morgan fingerprint density at radius 2 is 2.00 bits per heavy atom. The third-order valence-electron chi connectivity index (χ3n) is 4.56. The number of rotatable bonds is 3. The number of fused-ring (bicyclic) bond motifs is 1. The van der Waals surface area contributed by atoms with Crippen LogP contribution in [0.3, 0.4) is 0 Å². The van der Waals surface area contributed by atoms with Gasteiger partial charge in [-0.15, -0.1) is 0 Å². The molecule has 0 spiro atoms. The molecule has 8 heteroatoms. The molecule has 0 unspecified atom stereocenters. The van der Waals surface area contributed by atoms with E-state index in [9.17, 15) is 14.4 Å². The fourth-order valence-electron chi connectivity index (χ4n) is 3.28. The lowest BCUT2D eigenvalue weighted by atomic mass is 9.99. The first-order valence-electron chi connectivity index (χ1n) is 8.33. The zero-order chi connectivity index (χ0) is 19.1. The monoisotopic (exact) mass is 364 g/mol. The van der Waals surface area contributed by atoms with E-state index in [1.807, 2.05) is 22.9 Å². The molecule has 3 aromatic rings. The fraction of sp³-hybridized carbons (Fsp3) is 0.158. The van der Waals surface area contributed by atoms with Crippen molar-refractivity contribution in [2.75, 3.05) is 5.32 Å². The van der Waals surface area contributed by atoms with Crippen LogP contribution in [0.4, 0.5) is 5.69 Å². The van der Waals surface area contributed by atoms with Crippen LogP contribution in [-0.4, -0.2) is 26.4 Å². The van der Waals surface area contributed by atoms with E-state index in [4.69, 9.17) is 4.74 Å². The minimum absolute atomic E-state index is 0.0300. The highest BCUT2D eigenvalue weighted by Crippen LogP contribution is 2.31. The molecule has 2 aromatic heterocycles. The maximum atomic E-state index is 12.7. The summed E-state index contributed by atoms with van der Waals surface area (Å²) in [6.45, 7) is 3.34. The molecule has 1 aliphatic heterocycles. The number of anilines is 1. The van der Waals surface area contributed by atoms with E-state index < -0.39 is 23.5 Å². The van der Waals surface area contributed by atoms with Gasteiger partial charge in [-0.3, -0.25) is 9.59 Å². The predicted molar refractivity (Wildman–Crippen MR) is 97.1 cm³/mol. The lowest BCUT2D eigenvalue weighted by Gasteiger charge is -2.11. The Hall–Kier alpha value is -3.68. The Morgan fingerprint density at radius 3 is 2.67 bits per heavy atom. The fourth-order valence-corrected chi connectivity index (χ4v) is 3.28. The first-order valence-corrected chi connectivity index (χ1v) is 8.33. The van der Waals surface area contributed by atoms with Crippen molar-refractivity contribution in [2.24, 2.45) is 0 Å². The Balaban J connectivity index is 1.63. The van der Waals surface area contributed by atoms with Gasteiger partial charge in [0.1, 0.15) is 17.4 Å². The molecule has 136 valence electrons. The molecule has 2 N–H and O–H groups in total. The van der Waals surface area contributed by atoms with Crippen LogP contribution in [0.15, 0.2) is 47.8 Å². The van der Waals surface area contributed by atoms with E-state index in [1.54, 1.807) is 38.5 Å². The number of benzene rings is 1. The minimum Gasteiger partial charge on any atom is -0.453 e. The summed E-state index contributed by atoms with van der Waals surface area (Å²) in [4.78, 5) is 43.3. The van der Waals surface area contributed by atoms with Gasteiger partial charge < -0.3 is 19.6 Å². The van der Waals surface area contributed by atoms with E-state index in [0.717, 1.165) is 5.69 Å². The molecule has 1 aliphatic rings. The lowest BCUT2D eigenvalue weighted by Crippen LogP contribution is -2.27. The number of cyclic esters (lactones) is 1. The summed E-state index contributed by atoms with van der Waals surface area (Å²) >= 11 is 0. The van der Waals surface area contributed by atoms with E-state index in [2.05, 4.69) is 15.3 Å². The summed E-state index contributed by atoms with van der Waals surface area (Å²) in [6.07, 6.45) is 4.65. The number of esters is 1. The van der Waals surface area contributed by atoms with Gasteiger partial charge in [0.2, 0.25) is 0 Å². The van der Waals surface area contributed by atoms with Crippen molar-refractivity contribution in [2.45, 2.75) is 20.0 Å². The predicted octanol–water partition coefficient (Wildman–Crippen LogP) is 2.35. The largest absolute Gasteiger partial charge is 0.453 e. The molecular formula is C19H16N4O4. The second-order valence-electron chi connectivity index (χ2n) is 6.26. The molecular weight excluding hydrogens is 348 g/mol. The van der Waals surface area contributed by atoms with Gasteiger partial charge in [0.05, 0.1) is 6.33 Å². The van der Waals surface area contributed by atoms with Crippen molar-refractivity contribution >= 4 is 17.6 Å². The quantitative estimate of drug-likeness (QED) is 0.694. The number of amides is 1. The topological polar surface area (TPSA) is 106 Å². The zero-order valence-electron chi connectivity index (χ0n) is 14.6. The number of hydrogen-bond acceptors (Lipinski definition) is 5. The number of carbonyl (C=O) groups excluding carboxylic acids is 2. The number of nitrogens with zero attached hydrogens (tertiary/aromatic N) is 2. The van der Waals surface area contributed by atoms with Crippen LogP contribution in [0.25, 0.3) is 5.69 Å². The number of pyridine rings is 1. The summed E-state index contributed by atoms with van der Waals surface area (Å²) in [5.74, 6) is -1.13. The van der Waals surface area contributed by atoms with E-state index in [-0.39, 0.29) is 11.3 Å². The van der Waals surface area contributed by atoms with E-state index in [1.165, 1.54) is 0 Å². The molecule has 1 aromatic carbocycles. The number of imidazole rings is 1. The minimum atomic E-state index is -0.621. The summed E-state index contributed by atoms with van der Waals surface area (Å²) in [7, 11) is 0. The molecule has 0 aliphatic carbocycles. The highest BCUT2D eigenvalue weighted by molar-refractivity contribution is 6.06. The molecule has 3 heterocycles. The third kappa shape index (κ3) is 2.80. The molecule has 0 fully saturated rings. The van der Waals surface area contributed by atoms with Crippen LogP contribution in [0.2, 0.25) is 0 Å². The molecule has 0 radical (unpaired) electrons. The maximum Gasteiger partial charge on any atom is 0.355 e. The molecule has 8 nitrogen and oxygen atoms in total. The number of aromatic amines is 1. The number of H-pyrrole nitrogens is 1. The van der Waals surface area contributed by atoms with Crippen molar-refractivity contribution in [3.8, 4) is 5.69 Å². The number of hydrogen-bond donors (Lipinski definition) is 2. The Kier molecular flexibility index (Phi) is 3.88. The van der Waals surface area contributed by atoms with Crippen LogP contribution in [0.1, 0.15) is 45.0 Å². The molecule has 1 atom stereocenters. The number of carbonyl (C=O) groups is 2. The average molecular weight is 364 g/mol. The maximum absolute atomic E-state index is 12.7. The van der Waals surface area contributed by atoms with Crippen LogP contribution >= 0.6 is 0 Å². The Morgan fingerprint density at radius 1 is 1.26 bits per heavy atom. The van der Waals surface area contributed by atoms with Crippen LogP contribution < -0.4 is 10.9 Å². The summed E-state index contributed by atoms with van der Waals surface area (Å²) in [6, 6.07) is 7.12. The highest BCUT2D eigenvalue weighted by Gasteiger charge is 2.33. The van der Waals surface area contributed by atoms with Gasteiger partial charge in [0.25, 0.3) is 11.5 Å². The smallest absolute Gasteiger partial charge is 0.355 e. The highest BCUT2D eigenvalue weighted by atomic mass is 16.5. The molecule has 4 rings (SSSR count). The van der Waals surface area contributed by atoms with E-state index in [0.29, 0.717) is 16.8 Å². The Labute approximate surface area is 153 Å². The second kappa shape index (κ2) is 6.24. The third-order valence-corrected chi connectivity index (χ3v) is 4.56. The van der Waals surface area contributed by atoms with Crippen LogP contribution in [0, 0.1) is 6.92 Å². The van der Waals surface area contributed by atoms with Gasteiger partial charge in [-0.1, -0.05) is 0 Å². The van der Waals surface area contributed by atoms with Gasteiger partial charge in [0, 0.05) is 29.3 Å². The molecule has 0 saturated heterocycles. The van der Waals surface area contributed by atoms with Crippen molar-refractivity contribution in [3.05, 3.63) is 75.7 Å². The summed E-state index contributed by atoms with van der Waals surface area (Å²) in [5, 5.41) is 2.72. The summed E-state index contributed by atoms with van der Waals surface area (Å²) < 4.78 is 6.95. The van der Waals surface area contributed by atoms with Crippen molar-refractivity contribution in [1.82, 2.24) is 14.5 Å². The van der Waals surface area contributed by atoms with Crippen molar-refractivity contribution < 1.29 is 14.3 Å².